The van der Waals surface area contributed by atoms with Crippen LogP contribution in [0.1, 0.15) is 50.8 Å². The Labute approximate surface area is 196 Å². The maximum absolute atomic E-state index is 13.8. The fourth-order valence-corrected chi connectivity index (χ4v) is 5.22. The molecule has 0 bridgehead atoms. The molecular weight excluding hydrogens is 449 g/mol. The molecule has 1 aromatic carbocycles. The first-order valence-electron chi connectivity index (χ1n) is 11.6. The highest BCUT2D eigenvalue weighted by atomic mass is 19.4. The Hall–Kier alpha value is -3.04. The molecule has 34 heavy (non-hydrogen) atoms. The first-order valence-corrected chi connectivity index (χ1v) is 11.6. The van der Waals surface area contributed by atoms with E-state index < -0.39 is 35.8 Å². The molecule has 2 atom stereocenters. The average molecular weight is 479 g/mol. The number of hydrogen-bond acceptors (Lipinski definition) is 3. The van der Waals surface area contributed by atoms with Gasteiger partial charge in [-0.1, -0.05) is 32.0 Å². The third kappa shape index (κ3) is 4.03. The van der Waals surface area contributed by atoms with Crippen LogP contribution in [0.25, 0.3) is 0 Å². The van der Waals surface area contributed by atoms with Gasteiger partial charge in [-0.05, 0) is 37.3 Å². The van der Waals surface area contributed by atoms with E-state index in [1.807, 2.05) is 13.8 Å². The first kappa shape index (κ1) is 24.1. The van der Waals surface area contributed by atoms with E-state index in [1.54, 1.807) is 11.8 Å². The van der Waals surface area contributed by atoms with Crippen LogP contribution in [0, 0.1) is 5.92 Å². The van der Waals surface area contributed by atoms with Crippen LogP contribution in [-0.2, 0) is 15.8 Å². The van der Waals surface area contributed by atoms with E-state index in [2.05, 4.69) is 5.32 Å². The predicted octanol–water partition coefficient (Wildman–Crippen LogP) is 3.53. The van der Waals surface area contributed by atoms with Crippen LogP contribution in [-0.4, -0.2) is 64.8 Å². The van der Waals surface area contributed by atoms with Crippen LogP contribution >= 0.6 is 0 Å². The number of alkyl halides is 3. The maximum atomic E-state index is 13.8. The first-order chi connectivity index (χ1) is 16.1. The number of amides is 4. The Balaban J connectivity index is 1.77. The van der Waals surface area contributed by atoms with E-state index in [0.29, 0.717) is 18.8 Å². The normalized spacial score (nSPS) is 22.0. The van der Waals surface area contributed by atoms with Gasteiger partial charge in [0.1, 0.15) is 6.04 Å². The van der Waals surface area contributed by atoms with Gasteiger partial charge in [-0.3, -0.25) is 14.5 Å². The Kier molecular flexibility index (Phi) is 6.35. The summed E-state index contributed by atoms with van der Waals surface area (Å²) in [5, 5.41) is 2.61. The molecule has 7 nitrogen and oxygen atoms in total. The van der Waals surface area contributed by atoms with E-state index >= 15 is 0 Å². The van der Waals surface area contributed by atoms with Gasteiger partial charge in [0.25, 0.3) is 5.91 Å². The van der Waals surface area contributed by atoms with Crippen molar-refractivity contribution in [2.75, 3.05) is 26.2 Å². The summed E-state index contributed by atoms with van der Waals surface area (Å²) in [5.41, 5.74) is -0.637. The highest BCUT2D eigenvalue weighted by Gasteiger charge is 2.49. The van der Waals surface area contributed by atoms with Crippen molar-refractivity contribution in [2.24, 2.45) is 5.92 Å². The number of benzene rings is 1. The predicted molar refractivity (Wildman–Crippen MR) is 118 cm³/mol. The molecule has 184 valence electrons. The third-order valence-corrected chi connectivity index (χ3v) is 6.78. The van der Waals surface area contributed by atoms with Crippen molar-refractivity contribution in [1.82, 2.24) is 20.0 Å². The molecule has 1 saturated heterocycles. The lowest BCUT2D eigenvalue weighted by Crippen LogP contribution is -2.52. The molecule has 3 aliphatic heterocycles. The van der Waals surface area contributed by atoms with Crippen LogP contribution in [0.3, 0.4) is 0 Å². The number of likely N-dealkylation sites (tertiary alicyclic amines) is 1. The fourth-order valence-electron chi connectivity index (χ4n) is 5.22. The SMILES string of the molecule is CCN1C(=O)N[C@H](c2ccccc2C(F)(F)F)C2=C1CN([C@H](C(=O)N1CCCC1)C(C)C)C2=O. The molecule has 3 heterocycles. The molecule has 1 aromatic rings. The van der Waals surface area contributed by atoms with Crippen LogP contribution in [0.15, 0.2) is 35.5 Å². The standard InChI is InChI=1S/C24H29F3N4O3/c1-4-30-17-13-31(20(14(2)3)22(33)29-11-7-8-12-29)21(32)18(17)19(28-23(30)34)15-9-5-6-10-16(15)24(25,26)27/h5-6,9-10,14,19-20H,4,7-8,11-13H2,1-3H3,(H,28,34)/t19-,20+/m1/s1. The summed E-state index contributed by atoms with van der Waals surface area (Å²) in [7, 11) is 0. The minimum Gasteiger partial charge on any atom is -0.341 e. The van der Waals surface area contributed by atoms with Gasteiger partial charge in [0.2, 0.25) is 5.91 Å². The molecule has 1 N–H and O–H groups in total. The lowest BCUT2D eigenvalue weighted by atomic mass is 9.91. The zero-order chi connectivity index (χ0) is 24.8. The molecule has 0 aromatic heterocycles. The van der Waals surface area contributed by atoms with E-state index in [9.17, 15) is 27.6 Å². The van der Waals surface area contributed by atoms with Gasteiger partial charge in [-0.2, -0.15) is 13.2 Å². The van der Waals surface area contributed by atoms with Gasteiger partial charge in [0.15, 0.2) is 0 Å². The Morgan fingerprint density at radius 3 is 2.38 bits per heavy atom. The van der Waals surface area contributed by atoms with Gasteiger partial charge in [0.05, 0.1) is 29.4 Å². The highest BCUT2D eigenvalue weighted by molar-refractivity contribution is 6.03. The molecule has 0 aliphatic carbocycles. The van der Waals surface area contributed by atoms with E-state index in [1.165, 1.54) is 28.0 Å². The van der Waals surface area contributed by atoms with Crippen molar-refractivity contribution >= 4 is 17.8 Å². The second-order valence-electron chi connectivity index (χ2n) is 9.23. The third-order valence-electron chi connectivity index (χ3n) is 6.78. The lowest BCUT2D eigenvalue weighted by molar-refractivity contribution is -0.144. The van der Waals surface area contributed by atoms with Crippen molar-refractivity contribution in [3.05, 3.63) is 46.7 Å². The van der Waals surface area contributed by atoms with Crippen molar-refractivity contribution in [1.29, 1.82) is 0 Å². The molecule has 3 aliphatic rings. The maximum Gasteiger partial charge on any atom is 0.416 e. The summed E-state index contributed by atoms with van der Waals surface area (Å²) in [6.07, 6.45) is -2.85. The number of hydrogen-bond donors (Lipinski definition) is 1. The van der Waals surface area contributed by atoms with Gasteiger partial charge < -0.3 is 15.1 Å². The summed E-state index contributed by atoms with van der Waals surface area (Å²) < 4.78 is 41.4. The molecule has 1 fully saturated rings. The zero-order valence-electron chi connectivity index (χ0n) is 19.5. The minimum atomic E-state index is -4.66. The number of urea groups is 1. The second-order valence-corrected chi connectivity index (χ2v) is 9.23. The molecule has 10 heteroatoms. The second kappa shape index (κ2) is 8.96. The molecule has 0 unspecified atom stereocenters. The number of halogens is 3. The van der Waals surface area contributed by atoms with Crippen molar-refractivity contribution in [2.45, 2.75) is 51.9 Å². The Morgan fingerprint density at radius 2 is 1.79 bits per heavy atom. The summed E-state index contributed by atoms with van der Waals surface area (Å²) in [4.78, 5) is 44.5. The van der Waals surface area contributed by atoms with E-state index in [-0.39, 0.29) is 36.1 Å². The molecule has 0 radical (unpaired) electrons. The Bertz CT molecular complexity index is 1030. The monoisotopic (exact) mass is 478 g/mol. The van der Waals surface area contributed by atoms with Crippen LogP contribution < -0.4 is 5.32 Å². The summed E-state index contributed by atoms with van der Waals surface area (Å²) in [6, 6.07) is 2.37. The van der Waals surface area contributed by atoms with E-state index in [0.717, 1.165) is 18.9 Å². The molecule has 4 rings (SSSR count). The summed E-state index contributed by atoms with van der Waals surface area (Å²) in [5.74, 6) is -0.880. The minimum absolute atomic E-state index is 0.00252. The molecule has 4 amide bonds. The molecule has 0 spiro atoms. The number of carbonyl (C=O) groups excluding carboxylic acids is 3. The quantitative estimate of drug-likeness (QED) is 0.704. The molecular formula is C24H29F3N4O3. The number of carbonyl (C=O) groups is 3. The van der Waals surface area contributed by atoms with Crippen LogP contribution in [0.4, 0.5) is 18.0 Å². The number of nitrogens with one attached hydrogen (secondary N) is 1. The van der Waals surface area contributed by atoms with E-state index in [4.69, 9.17) is 0 Å². The van der Waals surface area contributed by atoms with Crippen LogP contribution in [0.5, 0.6) is 0 Å². The lowest BCUT2D eigenvalue weighted by Gasteiger charge is -2.34. The average Bonchev–Trinajstić information content (AvgIpc) is 3.42. The number of nitrogens with zero attached hydrogens (tertiary/aromatic N) is 3. The van der Waals surface area contributed by atoms with Gasteiger partial charge in [0, 0.05) is 19.6 Å². The smallest absolute Gasteiger partial charge is 0.341 e. The fraction of sp³-hybridized carbons (Fsp3) is 0.542. The van der Waals surface area contributed by atoms with Gasteiger partial charge in [-0.25, -0.2) is 4.79 Å². The van der Waals surface area contributed by atoms with Gasteiger partial charge in [-0.15, -0.1) is 0 Å². The highest BCUT2D eigenvalue weighted by Crippen LogP contribution is 2.42. The van der Waals surface area contributed by atoms with Crippen molar-refractivity contribution in [3.63, 3.8) is 0 Å². The zero-order valence-corrected chi connectivity index (χ0v) is 19.5. The number of likely N-dealkylation sites (N-methyl/N-ethyl adjacent to an activating group) is 1. The summed E-state index contributed by atoms with van der Waals surface area (Å²) >= 11 is 0. The van der Waals surface area contributed by atoms with Crippen LogP contribution in [0.2, 0.25) is 0 Å². The number of rotatable bonds is 5. The molecule has 0 saturated carbocycles. The van der Waals surface area contributed by atoms with Gasteiger partial charge >= 0.3 is 12.2 Å². The summed E-state index contributed by atoms with van der Waals surface area (Å²) in [6.45, 7) is 6.92. The Morgan fingerprint density at radius 1 is 1.15 bits per heavy atom. The topological polar surface area (TPSA) is 73.0 Å². The largest absolute Gasteiger partial charge is 0.416 e. The van der Waals surface area contributed by atoms with Crippen molar-refractivity contribution in [3.8, 4) is 0 Å². The van der Waals surface area contributed by atoms with Crippen molar-refractivity contribution < 1.29 is 27.6 Å².